The van der Waals surface area contributed by atoms with Gasteiger partial charge in [0.05, 0.1) is 18.2 Å². The molecule has 1 aromatic carbocycles. The summed E-state index contributed by atoms with van der Waals surface area (Å²) in [6.45, 7) is 1.41. The number of oxazole rings is 1. The Morgan fingerprint density at radius 1 is 1.53 bits per heavy atom. The van der Waals surface area contributed by atoms with E-state index in [9.17, 15) is 4.79 Å². The summed E-state index contributed by atoms with van der Waals surface area (Å²) in [6, 6.07) is 5.42. The zero-order valence-electron chi connectivity index (χ0n) is 10.5. The van der Waals surface area contributed by atoms with Crippen LogP contribution in [0.4, 0.5) is 6.01 Å². The summed E-state index contributed by atoms with van der Waals surface area (Å²) < 4.78 is 11.0. The number of carboxylic acids is 1. The molecule has 3 rings (SSSR count). The monoisotopic (exact) mass is 262 g/mol. The molecule has 1 atom stereocenters. The number of ether oxygens (including phenoxy) is 1. The molecule has 2 aromatic rings. The number of benzene rings is 1. The standard InChI is InChI=1S/C13H14N2O4/c1-15(9-4-5-18-7-9)13-14-10-3-2-8(12(16)17)6-11(10)19-13/h2-3,6,9H,4-5,7H2,1H3,(H,16,17). The number of aromatic nitrogens is 1. The van der Waals surface area contributed by atoms with Crippen LogP contribution in [0.2, 0.25) is 0 Å². The van der Waals surface area contributed by atoms with Crippen LogP contribution in [-0.2, 0) is 4.74 Å². The van der Waals surface area contributed by atoms with Gasteiger partial charge < -0.3 is 19.2 Å². The largest absolute Gasteiger partial charge is 0.478 e. The summed E-state index contributed by atoms with van der Waals surface area (Å²) in [5.74, 6) is -0.975. The third-order valence-electron chi connectivity index (χ3n) is 3.38. The van der Waals surface area contributed by atoms with Crippen molar-refractivity contribution in [2.75, 3.05) is 25.2 Å². The minimum atomic E-state index is -0.975. The van der Waals surface area contributed by atoms with Gasteiger partial charge in [-0.15, -0.1) is 0 Å². The predicted molar refractivity (Wildman–Crippen MR) is 68.6 cm³/mol. The number of aromatic carboxylic acids is 1. The van der Waals surface area contributed by atoms with Gasteiger partial charge in [0, 0.05) is 13.7 Å². The van der Waals surface area contributed by atoms with Crippen molar-refractivity contribution in [1.29, 1.82) is 0 Å². The zero-order chi connectivity index (χ0) is 13.4. The molecule has 0 bridgehead atoms. The van der Waals surface area contributed by atoms with E-state index in [1.807, 2.05) is 11.9 Å². The second-order valence-corrected chi connectivity index (χ2v) is 4.61. The Morgan fingerprint density at radius 2 is 2.37 bits per heavy atom. The highest BCUT2D eigenvalue weighted by atomic mass is 16.5. The molecule has 1 aliphatic rings. The Labute approximate surface area is 109 Å². The van der Waals surface area contributed by atoms with E-state index in [0.717, 1.165) is 13.0 Å². The molecule has 6 heteroatoms. The van der Waals surface area contributed by atoms with E-state index in [-0.39, 0.29) is 11.6 Å². The van der Waals surface area contributed by atoms with Crippen molar-refractivity contribution in [2.45, 2.75) is 12.5 Å². The van der Waals surface area contributed by atoms with Gasteiger partial charge in [-0.25, -0.2) is 4.79 Å². The molecule has 0 radical (unpaired) electrons. The van der Waals surface area contributed by atoms with Crippen LogP contribution in [-0.4, -0.2) is 42.4 Å². The molecular formula is C13H14N2O4. The lowest BCUT2D eigenvalue weighted by molar-refractivity contribution is 0.0697. The van der Waals surface area contributed by atoms with Gasteiger partial charge >= 0.3 is 5.97 Å². The normalized spacial score (nSPS) is 18.9. The number of carbonyl (C=O) groups is 1. The first-order valence-electron chi connectivity index (χ1n) is 6.09. The van der Waals surface area contributed by atoms with Gasteiger partial charge in [0.2, 0.25) is 0 Å². The fraction of sp³-hybridized carbons (Fsp3) is 0.385. The summed E-state index contributed by atoms with van der Waals surface area (Å²) in [6.07, 6.45) is 0.940. The maximum Gasteiger partial charge on any atom is 0.335 e. The SMILES string of the molecule is CN(c1nc2ccc(C(=O)O)cc2o1)C1CCOC1. The Bertz CT molecular complexity index is 616. The quantitative estimate of drug-likeness (QED) is 0.908. The second kappa shape index (κ2) is 4.55. The minimum Gasteiger partial charge on any atom is -0.478 e. The predicted octanol–water partition coefficient (Wildman–Crippen LogP) is 1.75. The van der Waals surface area contributed by atoms with Crippen molar-refractivity contribution in [1.82, 2.24) is 4.98 Å². The van der Waals surface area contributed by atoms with Crippen LogP contribution in [0.5, 0.6) is 0 Å². The summed E-state index contributed by atoms with van der Waals surface area (Å²) in [5.41, 5.74) is 1.34. The van der Waals surface area contributed by atoms with Gasteiger partial charge in [-0.05, 0) is 24.6 Å². The van der Waals surface area contributed by atoms with E-state index in [1.54, 1.807) is 6.07 Å². The van der Waals surface area contributed by atoms with Gasteiger partial charge in [0.1, 0.15) is 5.52 Å². The molecule has 6 nitrogen and oxygen atoms in total. The Balaban J connectivity index is 1.94. The average molecular weight is 262 g/mol. The molecule has 1 aliphatic heterocycles. The highest BCUT2D eigenvalue weighted by Gasteiger charge is 2.24. The number of hydrogen-bond donors (Lipinski definition) is 1. The Morgan fingerprint density at radius 3 is 3.05 bits per heavy atom. The molecule has 1 aromatic heterocycles. The molecule has 0 aliphatic carbocycles. The first kappa shape index (κ1) is 12.0. The third-order valence-corrected chi connectivity index (χ3v) is 3.38. The first-order valence-corrected chi connectivity index (χ1v) is 6.09. The molecule has 1 N–H and O–H groups in total. The highest BCUT2D eigenvalue weighted by molar-refractivity contribution is 5.92. The topological polar surface area (TPSA) is 75.8 Å². The lowest BCUT2D eigenvalue weighted by Crippen LogP contribution is -2.31. The van der Waals surface area contributed by atoms with E-state index in [0.29, 0.717) is 23.7 Å². The van der Waals surface area contributed by atoms with E-state index >= 15 is 0 Å². The zero-order valence-corrected chi connectivity index (χ0v) is 10.5. The van der Waals surface area contributed by atoms with E-state index in [1.165, 1.54) is 12.1 Å². The molecule has 0 saturated carbocycles. The maximum atomic E-state index is 10.9. The molecule has 0 spiro atoms. The van der Waals surface area contributed by atoms with Crippen LogP contribution < -0.4 is 4.90 Å². The summed E-state index contributed by atoms with van der Waals surface area (Å²) >= 11 is 0. The molecule has 1 saturated heterocycles. The van der Waals surface area contributed by atoms with Crippen molar-refractivity contribution >= 4 is 23.1 Å². The van der Waals surface area contributed by atoms with Gasteiger partial charge in [-0.2, -0.15) is 4.98 Å². The van der Waals surface area contributed by atoms with E-state index in [2.05, 4.69) is 4.98 Å². The van der Waals surface area contributed by atoms with Crippen LogP contribution >= 0.6 is 0 Å². The number of fused-ring (bicyclic) bond motifs is 1. The van der Waals surface area contributed by atoms with Gasteiger partial charge in [-0.1, -0.05) is 0 Å². The number of carboxylic acid groups (broad SMARTS) is 1. The van der Waals surface area contributed by atoms with Crippen LogP contribution in [0, 0.1) is 0 Å². The first-order chi connectivity index (χ1) is 9.15. The molecule has 0 amide bonds. The van der Waals surface area contributed by atoms with Crippen molar-refractivity contribution < 1.29 is 19.1 Å². The molecule has 1 fully saturated rings. The summed E-state index contributed by atoms with van der Waals surface area (Å²) in [7, 11) is 1.90. The summed E-state index contributed by atoms with van der Waals surface area (Å²) in [4.78, 5) is 17.2. The number of nitrogens with zero attached hydrogens (tertiary/aromatic N) is 2. The lowest BCUT2D eigenvalue weighted by Gasteiger charge is -2.20. The molecular weight excluding hydrogens is 248 g/mol. The minimum absolute atomic E-state index is 0.196. The van der Waals surface area contributed by atoms with Gasteiger partial charge in [0.15, 0.2) is 5.58 Å². The van der Waals surface area contributed by atoms with Crippen molar-refractivity contribution in [2.24, 2.45) is 0 Å². The smallest absolute Gasteiger partial charge is 0.335 e. The number of hydrogen-bond acceptors (Lipinski definition) is 5. The molecule has 100 valence electrons. The molecule has 1 unspecified atom stereocenters. The van der Waals surface area contributed by atoms with Crippen LogP contribution in [0.15, 0.2) is 22.6 Å². The fourth-order valence-electron chi connectivity index (χ4n) is 2.18. The second-order valence-electron chi connectivity index (χ2n) is 4.61. The van der Waals surface area contributed by atoms with Crippen LogP contribution in [0.25, 0.3) is 11.1 Å². The molecule has 19 heavy (non-hydrogen) atoms. The average Bonchev–Trinajstić information content (AvgIpc) is 3.06. The number of likely N-dealkylation sites (N-methyl/N-ethyl adjacent to an activating group) is 1. The Hall–Kier alpha value is -2.08. The highest BCUT2D eigenvalue weighted by Crippen LogP contribution is 2.25. The maximum absolute atomic E-state index is 10.9. The van der Waals surface area contributed by atoms with Crippen molar-refractivity contribution in [3.8, 4) is 0 Å². The fourth-order valence-corrected chi connectivity index (χ4v) is 2.18. The third kappa shape index (κ3) is 2.15. The summed E-state index contributed by atoms with van der Waals surface area (Å²) in [5, 5.41) is 8.94. The Kier molecular flexibility index (Phi) is 2.87. The molecule has 2 heterocycles. The lowest BCUT2D eigenvalue weighted by atomic mass is 10.2. The van der Waals surface area contributed by atoms with Gasteiger partial charge in [0.25, 0.3) is 6.01 Å². The van der Waals surface area contributed by atoms with Crippen LogP contribution in [0.1, 0.15) is 16.8 Å². The van der Waals surface area contributed by atoms with Crippen molar-refractivity contribution in [3.05, 3.63) is 23.8 Å². The van der Waals surface area contributed by atoms with E-state index in [4.69, 9.17) is 14.3 Å². The van der Waals surface area contributed by atoms with Crippen LogP contribution in [0.3, 0.4) is 0 Å². The number of rotatable bonds is 3. The van der Waals surface area contributed by atoms with Crippen molar-refractivity contribution in [3.63, 3.8) is 0 Å². The van der Waals surface area contributed by atoms with Gasteiger partial charge in [-0.3, -0.25) is 0 Å². The number of anilines is 1. The van der Waals surface area contributed by atoms with E-state index < -0.39 is 5.97 Å².